The molecule has 0 saturated heterocycles. The van der Waals surface area contributed by atoms with E-state index in [4.69, 9.17) is 0 Å². The lowest BCUT2D eigenvalue weighted by molar-refractivity contribution is 0.548. The van der Waals surface area contributed by atoms with Crippen LogP contribution >= 0.6 is 0 Å². The third-order valence-electron chi connectivity index (χ3n) is 22.8. The molecule has 0 saturated carbocycles. The largest absolute Gasteiger partial charge is 0.310 e. The van der Waals surface area contributed by atoms with Crippen LogP contribution in [0.3, 0.4) is 0 Å². The molecular formula is C86H70N4. The summed E-state index contributed by atoms with van der Waals surface area (Å²) in [4.78, 5) is 5.01. The second kappa shape index (κ2) is 18.8. The number of hydrogen-bond acceptors (Lipinski definition) is 4. The summed E-state index contributed by atoms with van der Waals surface area (Å²) >= 11 is 0. The molecule has 2 heterocycles. The molecule has 6 aliphatic rings. The summed E-state index contributed by atoms with van der Waals surface area (Å²) in [7, 11) is 0. The number of nitriles is 2. The van der Waals surface area contributed by atoms with Crippen molar-refractivity contribution in [2.45, 2.75) is 114 Å². The highest BCUT2D eigenvalue weighted by Gasteiger charge is 2.58. The second-order valence-corrected chi connectivity index (χ2v) is 28.3. The molecule has 17 rings (SSSR count). The fourth-order valence-corrected chi connectivity index (χ4v) is 18.8. The van der Waals surface area contributed by atoms with E-state index < -0.39 is 21.7 Å². The fraction of sp³-hybridized carbons (Fsp3) is 0.209. The van der Waals surface area contributed by atoms with Crippen LogP contribution in [0.5, 0.6) is 0 Å². The van der Waals surface area contributed by atoms with Gasteiger partial charge in [0.15, 0.2) is 0 Å². The maximum atomic E-state index is 12.7. The summed E-state index contributed by atoms with van der Waals surface area (Å²) in [5, 5.41) is 25.3. The van der Waals surface area contributed by atoms with Crippen molar-refractivity contribution in [2.24, 2.45) is 0 Å². The van der Waals surface area contributed by atoms with E-state index in [-0.39, 0.29) is 10.8 Å². The minimum atomic E-state index is -1.10. The Balaban J connectivity index is 1.06. The van der Waals surface area contributed by atoms with Gasteiger partial charge in [0.25, 0.3) is 0 Å². The Hall–Kier alpha value is -10.0. The summed E-state index contributed by atoms with van der Waals surface area (Å²) in [6.45, 7) is 19.0. The Morgan fingerprint density at radius 2 is 0.556 bits per heavy atom. The van der Waals surface area contributed by atoms with Crippen molar-refractivity contribution in [1.82, 2.24) is 0 Å². The Kier molecular flexibility index (Phi) is 11.3. The average molecular weight is 1160 g/mol. The zero-order chi connectivity index (χ0) is 61.4. The predicted molar refractivity (Wildman–Crippen MR) is 365 cm³/mol. The first-order chi connectivity index (χ1) is 43.6. The summed E-state index contributed by atoms with van der Waals surface area (Å²) in [6.07, 6.45) is 2.60. The van der Waals surface area contributed by atoms with Crippen LogP contribution in [0.15, 0.2) is 231 Å². The number of nitrogens with zero attached hydrogens (tertiary/aromatic N) is 4. The lowest BCUT2D eigenvalue weighted by Gasteiger charge is -2.51. The number of anilines is 6. The third-order valence-corrected chi connectivity index (χ3v) is 22.8. The van der Waals surface area contributed by atoms with Crippen LogP contribution in [-0.4, -0.2) is 0 Å². The van der Waals surface area contributed by atoms with Crippen molar-refractivity contribution < 1.29 is 0 Å². The van der Waals surface area contributed by atoms with Gasteiger partial charge in [0.05, 0.1) is 44.7 Å². The molecule has 434 valence electrons. The first kappa shape index (κ1) is 54.2. The van der Waals surface area contributed by atoms with Gasteiger partial charge < -0.3 is 9.80 Å². The molecule has 0 fully saturated rings. The molecule has 90 heavy (non-hydrogen) atoms. The van der Waals surface area contributed by atoms with Crippen molar-refractivity contribution in [2.75, 3.05) is 9.80 Å². The Morgan fingerprint density at radius 3 is 0.889 bits per heavy atom. The van der Waals surface area contributed by atoms with E-state index in [2.05, 4.69) is 308 Å². The minimum absolute atomic E-state index is 0.244. The van der Waals surface area contributed by atoms with Crippen molar-refractivity contribution in [1.29, 1.82) is 10.5 Å². The van der Waals surface area contributed by atoms with Gasteiger partial charge >= 0.3 is 0 Å². The van der Waals surface area contributed by atoms with Crippen LogP contribution in [0, 0.1) is 22.7 Å². The van der Waals surface area contributed by atoms with Crippen LogP contribution in [0.4, 0.5) is 34.1 Å². The number of fused-ring (bicyclic) bond motifs is 21. The van der Waals surface area contributed by atoms with E-state index >= 15 is 0 Å². The van der Waals surface area contributed by atoms with Gasteiger partial charge in [-0.05, 0) is 185 Å². The highest BCUT2D eigenvalue weighted by molar-refractivity contribution is 5.90. The lowest BCUT2D eigenvalue weighted by Crippen LogP contribution is -2.45. The van der Waals surface area contributed by atoms with Crippen molar-refractivity contribution in [3.63, 3.8) is 0 Å². The summed E-state index contributed by atoms with van der Waals surface area (Å²) in [5.41, 5.74) is 28.2. The van der Waals surface area contributed by atoms with Crippen LogP contribution in [0.1, 0.15) is 178 Å². The number of hydrogen-bond donors (Lipinski definition) is 0. The summed E-state index contributed by atoms with van der Waals surface area (Å²) in [5.74, 6) is 0. The highest BCUT2D eigenvalue weighted by atomic mass is 15.2. The van der Waals surface area contributed by atoms with E-state index in [9.17, 15) is 10.5 Å². The van der Waals surface area contributed by atoms with Gasteiger partial charge in [0.1, 0.15) is 12.1 Å². The van der Waals surface area contributed by atoms with Crippen molar-refractivity contribution >= 4 is 34.1 Å². The smallest absolute Gasteiger partial charge is 0.101 e. The average Bonchev–Trinajstić information content (AvgIpc) is 1.14. The second-order valence-electron chi connectivity index (χ2n) is 28.3. The van der Waals surface area contributed by atoms with E-state index in [0.717, 1.165) is 61.7 Å². The molecule has 0 unspecified atom stereocenters. The maximum Gasteiger partial charge on any atom is 0.101 e. The van der Waals surface area contributed by atoms with Gasteiger partial charge in [-0.15, -0.1) is 0 Å². The molecule has 0 bridgehead atoms. The van der Waals surface area contributed by atoms with Gasteiger partial charge in [0, 0.05) is 33.0 Å². The standard InChI is InChI=1S/C86H70N4/c1-81(2)61-25-9-13-29-65(61)85(66-30-14-10-26-62(66)81)73-49-55(89-75-37-21-17-33-69(75)83(5,6)70-34-18-22-38-76(70)89)45-41-53(73)43-47-57-59(51-87)60(52-88)80-58(79(57)85)48-44-54-42-46-56(90-77-39-23-19-35-71(77)84(7,8)72-36-20-24-40-78(72)90)50-74(54)86(80)67-31-15-11-27-63(67)82(3,4)64-28-12-16-32-68(64)86/h9-42,45-46,49-50H,43-44,47-48H2,1-8H3. The molecular weight excluding hydrogens is 1090 g/mol. The first-order valence-corrected chi connectivity index (χ1v) is 32.3. The number of aryl methyl sites for hydroxylation is 2. The summed E-state index contributed by atoms with van der Waals surface area (Å²) in [6, 6.07) is 93.1. The Labute approximate surface area is 530 Å². The Bertz CT molecular complexity index is 4830. The molecule has 2 aliphatic heterocycles. The van der Waals surface area contributed by atoms with Crippen LogP contribution in [-0.2, 0) is 58.2 Å². The normalized spacial score (nSPS) is 17.6. The monoisotopic (exact) mass is 1160 g/mol. The van der Waals surface area contributed by atoms with Gasteiger partial charge in [-0.2, -0.15) is 10.5 Å². The topological polar surface area (TPSA) is 54.1 Å². The molecule has 0 atom stereocenters. The van der Waals surface area contributed by atoms with E-state index in [1.807, 2.05) is 0 Å². The molecule has 11 aromatic rings. The van der Waals surface area contributed by atoms with Gasteiger partial charge in [-0.3, -0.25) is 0 Å². The van der Waals surface area contributed by atoms with Gasteiger partial charge in [-0.1, -0.05) is 237 Å². The SMILES string of the molecule is CC1(C)c2ccccc2N(c2ccc3c(c2)C2(c4ccccc4C(C)(C)c4ccccc42)c2c(C#N)c(C#N)c4c(c2CC3)C2(c3cc(N5c6ccccc6C(C)(C)c6ccccc65)ccc3CC4)c3ccccc3C(C)(C)c3ccccc32)c2ccccc21. The number of para-hydroxylation sites is 4. The third kappa shape index (κ3) is 6.74. The minimum Gasteiger partial charge on any atom is -0.310 e. The summed E-state index contributed by atoms with van der Waals surface area (Å²) < 4.78 is 0. The van der Waals surface area contributed by atoms with Crippen LogP contribution in [0.2, 0.25) is 0 Å². The van der Waals surface area contributed by atoms with Crippen molar-refractivity contribution in [3.8, 4) is 12.1 Å². The first-order valence-electron chi connectivity index (χ1n) is 32.3. The van der Waals surface area contributed by atoms with Gasteiger partial charge in [0.2, 0.25) is 0 Å². The van der Waals surface area contributed by atoms with E-state index in [0.29, 0.717) is 36.8 Å². The zero-order valence-electron chi connectivity index (χ0n) is 52.6. The lowest BCUT2D eigenvalue weighted by atomic mass is 9.50. The molecule has 11 aromatic carbocycles. The van der Waals surface area contributed by atoms with Crippen molar-refractivity contribution in [3.05, 3.63) is 353 Å². The van der Waals surface area contributed by atoms with E-state index in [1.165, 1.54) is 83.7 Å². The molecule has 0 aromatic heterocycles. The number of rotatable bonds is 2. The van der Waals surface area contributed by atoms with Crippen LogP contribution < -0.4 is 9.80 Å². The Morgan fingerprint density at radius 1 is 0.278 bits per heavy atom. The van der Waals surface area contributed by atoms with Crippen LogP contribution in [0.25, 0.3) is 0 Å². The quantitative estimate of drug-likeness (QED) is 0.173. The predicted octanol–water partition coefficient (Wildman–Crippen LogP) is 19.9. The molecule has 4 heteroatoms. The molecule has 4 aliphatic carbocycles. The molecule has 4 nitrogen and oxygen atoms in total. The molecule has 0 N–H and O–H groups in total. The molecule has 0 amide bonds. The van der Waals surface area contributed by atoms with Gasteiger partial charge in [-0.25, -0.2) is 0 Å². The maximum absolute atomic E-state index is 12.7. The highest BCUT2D eigenvalue weighted by Crippen LogP contribution is 2.66. The van der Waals surface area contributed by atoms with E-state index in [1.54, 1.807) is 0 Å². The molecule has 0 radical (unpaired) electrons. The fourth-order valence-electron chi connectivity index (χ4n) is 18.8. The zero-order valence-corrected chi connectivity index (χ0v) is 52.6. The molecule has 2 spiro atoms. The number of benzene rings is 11.